The van der Waals surface area contributed by atoms with E-state index in [9.17, 15) is 0 Å². The predicted octanol–water partition coefficient (Wildman–Crippen LogP) is 4.58. The maximum absolute atomic E-state index is 3.86. The van der Waals surface area contributed by atoms with E-state index in [1.165, 1.54) is 62.1 Å². The Kier molecular flexibility index (Phi) is 4.84. The molecule has 1 fully saturated rings. The van der Waals surface area contributed by atoms with Crippen molar-refractivity contribution in [2.24, 2.45) is 0 Å². The van der Waals surface area contributed by atoms with Crippen LogP contribution < -0.4 is 5.32 Å². The monoisotopic (exact) mass is 275 g/mol. The number of nitrogens with one attached hydrogen (secondary N) is 1. The van der Waals surface area contributed by atoms with Crippen LogP contribution in [-0.4, -0.2) is 18.3 Å². The van der Waals surface area contributed by atoms with Gasteiger partial charge in [-0.15, -0.1) is 11.8 Å². The first-order valence-corrected chi connectivity index (χ1v) is 8.87. The van der Waals surface area contributed by atoms with Crippen molar-refractivity contribution in [3.63, 3.8) is 0 Å². The van der Waals surface area contributed by atoms with E-state index in [4.69, 9.17) is 0 Å². The van der Waals surface area contributed by atoms with Gasteiger partial charge < -0.3 is 5.32 Å². The van der Waals surface area contributed by atoms with Crippen LogP contribution in [0.2, 0.25) is 0 Å². The van der Waals surface area contributed by atoms with E-state index in [0.717, 1.165) is 12.0 Å². The molecule has 3 rings (SSSR count). The molecule has 1 heterocycles. The molecule has 1 saturated carbocycles. The second kappa shape index (κ2) is 6.81. The van der Waals surface area contributed by atoms with Crippen molar-refractivity contribution in [3.05, 3.63) is 29.8 Å². The Hall–Kier alpha value is -0.470. The second-order valence-corrected chi connectivity index (χ2v) is 7.06. The molecule has 1 aromatic rings. The van der Waals surface area contributed by atoms with Crippen LogP contribution in [0.3, 0.4) is 0 Å². The summed E-state index contributed by atoms with van der Waals surface area (Å²) in [4.78, 5) is 1.51. The van der Waals surface area contributed by atoms with E-state index in [1.807, 2.05) is 11.8 Å². The Labute approximate surface area is 121 Å². The normalized spacial score (nSPS) is 24.7. The molecule has 1 atom stereocenters. The number of rotatable bonds is 3. The van der Waals surface area contributed by atoms with Crippen molar-refractivity contribution in [1.29, 1.82) is 0 Å². The minimum atomic E-state index is 0.728. The Morgan fingerprint density at radius 2 is 1.74 bits per heavy atom. The van der Waals surface area contributed by atoms with Crippen molar-refractivity contribution in [2.75, 3.05) is 12.3 Å². The molecule has 0 spiro atoms. The van der Waals surface area contributed by atoms with E-state index >= 15 is 0 Å². The quantitative estimate of drug-likeness (QED) is 0.866. The topological polar surface area (TPSA) is 12.0 Å². The lowest BCUT2D eigenvalue weighted by Gasteiger charge is -2.23. The van der Waals surface area contributed by atoms with E-state index in [1.54, 1.807) is 5.56 Å². The van der Waals surface area contributed by atoms with Crippen molar-refractivity contribution < 1.29 is 0 Å². The summed E-state index contributed by atoms with van der Waals surface area (Å²) in [6, 6.07) is 9.72. The van der Waals surface area contributed by atoms with Gasteiger partial charge in [0, 0.05) is 29.2 Å². The van der Waals surface area contributed by atoms with Gasteiger partial charge in [0.15, 0.2) is 0 Å². The highest BCUT2D eigenvalue weighted by molar-refractivity contribution is 7.99. The largest absolute Gasteiger partial charge is 0.313 e. The van der Waals surface area contributed by atoms with Crippen LogP contribution >= 0.6 is 11.8 Å². The fourth-order valence-electron chi connectivity index (χ4n) is 3.37. The highest BCUT2D eigenvalue weighted by Crippen LogP contribution is 2.38. The van der Waals surface area contributed by atoms with Crippen LogP contribution in [0.15, 0.2) is 29.2 Å². The molecule has 19 heavy (non-hydrogen) atoms. The third kappa shape index (κ3) is 3.55. The summed E-state index contributed by atoms with van der Waals surface area (Å²) in [5, 5.41) is 3.86. The summed E-state index contributed by atoms with van der Waals surface area (Å²) in [6.45, 7) is 1.18. The number of benzene rings is 1. The molecule has 104 valence electrons. The zero-order valence-electron chi connectivity index (χ0n) is 11.7. The van der Waals surface area contributed by atoms with E-state index < -0.39 is 0 Å². The summed E-state index contributed by atoms with van der Waals surface area (Å²) in [7, 11) is 0. The third-order valence-corrected chi connectivity index (χ3v) is 5.81. The van der Waals surface area contributed by atoms with E-state index in [2.05, 4.69) is 29.6 Å². The molecule has 1 aliphatic heterocycles. The number of hydrogen-bond donors (Lipinski definition) is 1. The van der Waals surface area contributed by atoms with Gasteiger partial charge in [0.1, 0.15) is 0 Å². The van der Waals surface area contributed by atoms with Gasteiger partial charge in [0.25, 0.3) is 0 Å². The van der Waals surface area contributed by atoms with Gasteiger partial charge in [0.05, 0.1) is 0 Å². The summed E-state index contributed by atoms with van der Waals surface area (Å²) in [5.74, 6) is 1.99. The van der Waals surface area contributed by atoms with Crippen molar-refractivity contribution in [1.82, 2.24) is 5.32 Å². The molecule has 1 N–H and O–H groups in total. The standard InChI is InChI=1S/C17H25NS/c1-2-4-8-15(9-5-3-1)18-12-14-13-19-17-11-7-6-10-16(14)17/h6-7,10-11,14-15,18H,1-5,8-9,12-13H2. The molecule has 0 amide bonds. The molecular weight excluding hydrogens is 250 g/mol. The molecule has 1 nitrogen and oxygen atoms in total. The van der Waals surface area contributed by atoms with Gasteiger partial charge >= 0.3 is 0 Å². The van der Waals surface area contributed by atoms with E-state index in [0.29, 0.717) is 0 Å². The minimum absolute atomic E-state index is 0.728. The first-order chi connectivity index (χ1) is 9.43. The first kappa shape index (κ1) is 13.5. The highest BCUT2D eigenvalue weighted by Gasteiger charge is 2.23. The summed E-state index contributed by atoms with van der Waals surface area (Å²) in [5.41, 5.74) is 1.57. The molecule has 0 aromatic heterocycles. The van der Waals surface area contributed by atoms with Gasteiger partial charge in [-0.3, -0.25) is 0 Å². The molecule has 0 radical (unpaired) electrons. The van der Waals surface area contributed by atoms with Crippen molar-refractivity contribution >= 4 is 11.8 Å². The van der Waals surface area contributed by atoms with Gasteiger partial charge in [-0.25, -0.2) is 0 Å². The van der Waals surface area contributed by atoms with Gasteiger partial charge in [-0.05, 0) is 24.5 Å². The number of thioether (sulfide) groups is 1. The molecule has 2 heteroatoms. The smallest absolute Gasteiger partial charge is 0.0108 e. The lowest BCUT2D eigenvalue weighted by Crippen LogP contribution is -2.33. The second-order valence-electron chi connectivity index (χ2n) is 6.00. The Balaban J connectivity index is 1.52. The van der Waals surface area contributed by atoms with Crippen LogP contribution in [0.4, 0.5) is 0 Å². The Morgan fingerprint density at radius 1 is 1.00 bits per heavy atom. The number of hydrogen-bond acceptors (Lipinski definition) is 2. The fraction of sp³-hybridized carbons (Fsp3) is 0.647. The summed E-state index contributed by atoms with van der Waals surface area (Å²) >= 11 is 2.03. The average molecular weight is 275 g/mol. The SMILES string of the molecule is c1ccc2c(c1)SCC2CNC1CCCCCCC1. The Bertz CT molecular complexity index is 396. The Morgan fingerprint density at radius 3 is 2.58 bits per heavy atom. The molecule has 0 bridgehead atoms. The third-order valence-electron chi connectivity index (χ3n) is 4.56. The van der Waals surface area contributed by atoms with Crippen molar-refractivity contribution in [3.8, 4) is 0 Å². The lowest BCUT2D eigenvalue weighted by atomic mass is 9.95. The maximum atomic E-state index is 3.86. The van der Waals surface area contributed by atoms with Crippen LogP contribution in [-0.2, 0) is 0 Å². The highest BCUT2D eigenvalue weighted by atomic mass is 32.2. The van der Waals surface area contributed by atoms with Gasteiger partial charge in [0.2, 0.25) is 0 Å². The predicted molar refractivity (Wildman–Crippen MR) is 84.0 cm³/mol. The molecule has 0 saturated heterocycles. The molecule has 1 unspecified atom stereocenters. The van der Waals surface area contributed by atoms with Crippen LogP contribution in [0.1, 0.15) is 56.4 Å². The molecule has 2 aliphatic rings. The van der Waals surface area contributed by atoms with Gasteiger partial charge in [-0.2, -0.15) is 0 Å². The molecule has 1 aliphatic carbocycles. The van der Waals surface area contributed by atoms with Gasteiger partial charge in [-0.1, -0.05) is 50.3 Å². The zero-order valence-corrected chi connectivity index (χ0v) is 12.6. The first-order valence-electron chi connectivity index (χ1n) is 7.88. The number of fused-ring (bicyclic) bond motifs is 1. The maximum Gasteiger partial charge on any atom is 0.0108 e. The summed E-state index contributed by atoms with van der Waals surface area (Å²) < 4.78 is 0. The zero-order chi connectivity index (χ0) is 12.9. The fourth-order valence-corrected chi connectivity index (χ4v) is 4.62. The molecule has 1 aromatic carbocycles. The average Bonchev–Trinajstić information content (AvgIpc) is 2.81. The van der Waals surface area contributed by atoms with Crippen LogP contribution in [0, 0.1) is 0 Å². The van der Waals surface area contributed by atoms with Crippen molar-refractivity contribution in [2.45, 2.75) is 61.8 Å². The van der Waals surface area contributed by atoms with Crippen LogP contribution in [0.5, 0.6) is 0 Å². The van der Waals surface area contributed by atoms with Crippen LogP contribution in [0.25, 0.3) is 0 Å². The molecular formula is C17H25NS. The minimum Gasteiger partial charge on any atom is -0.313 e. The van der Waals surface area contributed by atoms with E-state index in [-0.39, 0.29) is 0 Å². The lowest BCUT2D eigenvalue weighted by molar-refractivity contribution is 0.384. The summed E-state index contributed by atoms with van der Waals surface area (Å²) in [6.07, 6.45) is 9.98.